The second-order valence-corrected chi connectivity index (χ2v) is 11.5. The van der Waals surface area contributed by atoms with Crippen LogP contribution in [-0.2, 0) is 9.53 Å². The molecule has 2 aromatic heterocycles. The van der Waals surface area contributed by atoms with Gasteiger partial charge in [0.05, 0.1) is 41.7 Å². The van der Waals surface area contributed by atoms with E-state index in [1.54, 1.807) is 25.5 Å². The maximum Gasteiger partial charge on any atom is 0.338 e. The lowest BCUT2D eigenvalue weighted by atomic mass is 9.95. The largest absolute Gasteiger partial charge is 0.493 e. The Morgan fingerprint density at radius 1 is 1.12 bits per heavy atom. The highest BCUT2D eigenvalue weighted by atomic mass is 32.1. The molecule has 0 saturated carbocycles. The maximum atomic E-state index is 14.1. The van der Waals surface area contributed by atoms with Crippen LogP contribution in [0, 0.1) is 0 Å². The molecule has 0 saturated heterocycles. The molecule has 0 radical (unpaired) electrons. The highest BCUT2D eigenvalue weighted by molar-refractivity contribution is 7.07. The molecule has 0 spiro atoms. The van der Waals surface area contributed by atoms with Gasteiger partial charge in [-0.1, -0.05) is 35.6 Å². The Kier molecular flexibility index (Phi) is 7.91. The number of hydrogen-bond donors (Lipinski definition) is 0. The molecule has 0 aliphatic carbocycles. The van der Waals surface area contributed by atoms with Crippen LogP contribution in [0.25, 0.3) is 17.0 Å². The summed E-state index contributed by atoms with van der Waals surface area (Å²) in [6.07, 6.45) is 3.95. The lowest BCUT2D eigenvalue weighted by molar-refractivity contribution is -0.139. The Labute approximate surface area is 242 Å². The fraction of sp³-hybridized carbons (Fsp3) is 0.344. The summed E-state index contributed by atoms with van der Waals surface area (Å²) in [6, 6.07) is 13.2. The first-order valence-electron chi connectivity index (χ1n) is 13.8. The van der Waals surface area contributed by atoms with Crippen LogP contribution < -0.4 is 24.4 Å². The maximum absolute atomic E-state index is 14.1. The van der Waals surface area contributed by atoms with E-state index in [0.29, 0.717) is 37.7 Å². The number of para-hydroxylation sites is 1. The molecule has 0 bridgehead atoms. The summed E-state index contributed by atoms with van der Waals surface area (Å²) < 4.78 is 21.3. The van der Waals surface area contributed by atoms with Gasteiger partial charge in [-0.15, -0.1) is 0 Å². The number of carbonyl (C=O) groups is 1. The van der Waals surface area contributed by atoms with Crippen molar-refractivity contribution in [3.8, 4) is 11.5 Å². The topological polar surface area (TPSA) is 84.1 Å². The van der Waals surface area contributed by atoms with Crippen molar-refractivity contribution in [1.82, 2.24) is 9.13 Å². The van der Waals surface area contributed by atoms with E-state index in [0.717, 1.165) is 16.5 Å². The van der Waals surface area contributed by atoms with Gasteiger partial charge in [-0.05, 0) is 71.4 Å². The number of hydrogen-bond acceptors (Lipinski definition) is 7. The van der Waals surface area contributed by atoms with Crippen LogP contribution >= 0.6 is 11.3 Å². The Balaban J connectivity index is 1.73. The molecule has 0 N–H and O–H groups in total. The molecule has 9 heteroatoms. The molecule has 214 valence electrons. The summed E-state index contributed by atoms with van der Waals surface area (Å²) in [5, 5.41) is 1.07. The van der Waals surface area contributed by atoms with E-state index >= 15 is 0 Å². The van der Waals surface area contributed by atoms with E-state index in [9.17, 15) is 9.59 Å². The number of benzene rings is 2. The van der Waals surface area contributed by atoms with Crippen LogP contribution in [0.2, 0.25) is 0 Å². The summed E-state index contributed by atoms with van der Waals surface area (Å²) in [6.45, 7) is 11.9. The van der Waals surface area contributed by atoms with E-state index in [-0.39, 0.29) is 24.3 Å². The predicted molar refractivity (Wildman–Crippen MR) is 161 cm³/mol. The first-order valence-corrected chi connectivity index (χ1v) is 14.6. The molecule has 4 aromatic rings. The highest BCUT2D eigenvalue weighted by Crippen LogP contribution is 2.36. The van der Waals surface area contributed by atoms with Crippen molar-refractivity contribution in [2.24, 2.45) is 4.99 Å². The van der Waals surface area contributed by atoms with Crippen LogP contribution in [0.4, 0.5) is 0 Å². The molecule has 1 atom stereocenters. The van der Waals surface area contributed by atoms with Gasteiger partial charge in [-0.2, -0.15) is 0 Å². The third kappa shape index (κ3) is 5.22. The zero-order chi connectivity index (χ0) is 29.4. The highest BCUT2D eigenvalue weighted by Gasteiger charge is 2.34. The average Bonchev–Trinajstić information content (AvgIpc) is 3.45. The Hall–Kier alpha value is -4.11. The van der Waals surface area contributed by atoms with E-state index in [4.69, 9.17) is 19.2 Å². The first kappa shape index (κ1) is 28.4. The predicted octanol–water partition coefficient (Wildman–Crippen LogP) is 5.13. The molecule has 0 amide bonds. The van der Waals surface area contributed by atoms with Gasteiger partial charge in [0.25, 0.3) is 5.56 Å². The van der Waals surface area contributed by atoms with Gasteiger partial charge in [-0.25, -0.2) is 9.79 Å². The van der Waals surface area contributed by atoms with Gasteiger partial charge in [0, 0.05) is 28.7 Å². The van der Waals surface area contributed by atoms with Crippen molar-refractivity contribution < 1.29 is 19.0 Å². The third-order valence-electron chi connectivity index (χ3n) is 7.00. The number of ether oxygens (including phenoxy) is 3. The SMILES string of the molecule is CCOC(=O)C1=C(C)N=c2s/c(=C/c3cn(C(C)C)c4ccccc34)c(=O)n2[C@H]1c1ccc(OC(C)C)c(OC)c1. The lowest BCUT2D eigenvalue weighted by Gasteiger charge is -2.25. The van der Waals surface area contributed by atoms with Gasteiger partial charge in [0.15, 0.2) is 16.3 Å². The number of thiazole rings is 1. The smallest absolute Gasteiger partial charge is 0.338 e. The van der Waals surface area contributed by atoms with Crippen LogP contribution in [0.15, 0.2) is 69.7 Å². The Morgan fingerprint density at radius 2 is 1.88 bits per heavy atom. The number of aromatic nitrogens is 2. The van der Waals surface area contributed by atoms with Gasteiger partial charge in [0.1, 0.15) is 0 Å². The summed E-state index contributed by atoms with van der Waals surface area (Å²) in [4.78, 5) is 32.6. The number of methoxy groups -OCH3 is 1. The Morgan fingerprint density at radius 3 is 2.56 bits per heavy atom. The molecule has 1 aliphatic heterocycles. The third-order valence-corrected chi connectivity index (χ3v) is 7.98. The molecule has 1 aliphatic rings. The summed E-state index contributed by atoms with van der Waals surface area (Å²) >= 11 is 1.31. The van der Waals surface area contributed by atoms with Crippen molar-refractivity contribution in [2.75, 3.05) is 13.7 Å². The monoisotopic (exact) mass is 573 g/mol. The van der Waals surface area contributed by atoms with E-state index in [1.807, 2.05) is 50.3 Å². The number of rotatable bonds is 8. The fourth-order valence-electron chi connectivity index (χ4n) is 5.23. The van der Waals surface area contributed by atoms with Crippen molar-refractivity contribution in [3.63, 3.8) is 0 Å². The molecule has 2 aromatic carbocycles. The minimum absolute atomic E-state index is 0.0497. The zero-order valence-electron chi connectivity index (χ0n) is 24.4. The molecular formula is C32H35N3O5S. The summed E-state index contributed by atoms with van der Waals surface area (Å²) in [5.74, 6) is 0.589. The second-order valence-electron chi connectivity index (χ2n) is 10.5. The van der Waals surface area contributed by atoms with Crippen molar-refractivity contribution in [3.05, 3.63) is 90.7 Å². The lowest BCUT2D eigenvalue weighted by Crippen LogP contribution is -2.40. The molecule has 5 rings (SSSR count). The molecule has 41 heavy (non-hydrogen) atoms. The van der Waals surface area contributed by atoms with Gasteiger partial charge < -0.3 is 18.8 Å². The van der Waals surface area contributed by atoms with Gasteiger partial charge in [0.2, 0.25) is 0 Å². The van der Waals surface area contributed by atoms with Gasteiger partial charge in [-0.3, -0.25) is 9.36 Å². The van der Waals surface area contributed by atoms with E-state index in [1.165, 1.54) is 11.3 Å². The molecule has 0 unspecified atom stereocenters. The number of fused-ring (bicyclic) bond motifs is 2. The molecule has 0 fully saturated rings. The fourth-order valence-corrected chi connectivity index (χ4v) is 6.27. The Bertz CT molecular complexity index is 1840. The number of allylic oxidation sites excluding steroid dienone is 1. The first-order chi connectivity index (χ1) is 19.6. The molecular weight excluding hydrogens is 538 g/mol. The summed E-state index contributed by atoms with van der Waals surface area (Å²) in [7, 11) is 1.57. The minimum Gasteiger partial charge on any atom is -0.493 e. The number of nitrogens with zero attached hydrogens (tertiary/aromatic N) is 3. The summed E-state index contributed by atoms with van der Waals surface area (Å²) in [5.41, 5.74) is 3.36. The van der Waals surface area contributed by atoms with Crippen molar-refractivity contribution in [2.45, 2.75) is 59.7 Å². The van der Waals surface area contributed by atoms with Gasteiger partial charge >= 0.3 is 5.97 Å². The minimum atomic E-state index is -0.744. The normalized spacial score (nSPS) is 15.4. The number of esters is 1. The van der Waals surface area contributed by atoms with Crippen molar-refractivity contribution in [1.29, 1.82) is 0 Å². The average molecular weight is 574 g/mol. The second kappa shape index (κ2) is 11.4. The quantitative estimate of drug-likeness (QED) is 0.273. The van der Waals surface area contributed by atoms with Crippen molar-refractivity contribution >= 4 is 34.3 Å². The zero-order valence-corrected chi connectivity index (χ0v) is 25.2. The van der Waals surface area contributed by atoms with E-state index < -0.39 is 12.0 Å². The number of carbonyl (C=O) groups excluding carboxylic acids is 1. The van der Waals surface area contributed by atoms with Crippen LogP contribution in [-0.4, -0.2) is 34.9 Å². The molecule has 8 nitrogen and oxygen atoms in total. The standard InChI is InChI=1S/C32H35N3O5S/c1-8-39-31(37)28-20(6)33-32-35(29(28)21-13-14-25(40-19(4)5)26(15-21)38-7)30(36)27(41-32)16-22-17-34(18(2)3)24-12-10-9-11-23(22)24/h9-19,29H,8H2,1-7H3/b27-16+/t29-/m0/s1. The van der Waals surface area contributed by atoms with Crippen LogP contribution in [0.3, 0.4) is 0 Å². The van der Waals surface area contributed by atoms with Crippen LogP contribution in [0.5, 0.6) is 11.5 Å². The van der Waals surface area contributed by atoms with Crippen LogP contribution in [0.1, 0.15) is 64.8 Å². The van der Waals surface area contributed by atoms with E-state index in [2.05, 4.69) is 36.7 Å². The molecule has 3 heterocycles.